The van der Waals surface area contributed by atoms with Crippen molar-refractivity contribution in [3.05, 3.63) is 0 Å². The number of nitrogens with one attached hydrogen (secondary N) is 4. The Bertz CT molecular complexity index is 717. The molecule has 3 aliphatic carbocycles. The van der Waals surface area contributed by atoms with E-state index in [2.05, 4.69) is 21.5 Å². The van der Waals surface area contributed by atoms with Crippen molar-refractivity contribution in [3.63, 3.8) is 0 Å². The van der Waals surface area contributed by atoms with E-state index in [-0.39, 0.29) is 41.3 Å². The summed E-state index contributed by atoms with van der Waals surface area (Å²) in [6, 6.07) is 0.0419. The van der Waals surface area contributed by atoms with Gasteiger partial charge in [0.2, 0.25) is 5.91 Å². The molecule has 8 atom stereocenters. The van der Waals surface area contributed by atoms with E-state index in [1.807, 2.05) is 0 Å². The molecule has 1 amide bonds. The maximum atomic E-state index is 14.1. The lowest BCUT2D eigenvalue weighted by Crippen LogP contribution is -2.51. The number of nitrogens with zero attached hydrogens (tertiary/aromatic N) is 1. The minimum Gasteiger partial charge on any atom is -0.353 e. The number of amides is 1. The number of alkyl halides is 5. The highest BCUT2D eigenvalue weighted by Crippen LogP contribution is 2.33. The van der Waals surface area contributed by atoms with Gasteiger partial charge in [0.1, 0.15) is 18.5 Å². The molecule has 1 saturated heterocycles. The van der Waals surface area contributed by atoms with Crippen LogP contribution >= 0.6 is 34.8 Å². The van der Waals surface area contributed by atoms with Crippen molar-refractivity contribution in [2.45, 2.75) is 117 Å². The summed E-state index contributed by atoms with van der Waals surface area (Å²) in [5.74, 6) is 0.0750. The smallest absolute Gasteiger partial charge is 0.229 e. The van der Waals surface area contributed by atoms with Crippen LogP contribution in [0, 0.1) is 11.8 Å². The van der Waals surface area contributed by atoms with Gasteiger partial charge in [-0.05, 0) is 70.1 Å². The number of hydrazine groups is 1. The van der Waals surface area contributed by atoms with Gasteiger partial charge in [0.05, 0.1) is 5.38 Å². The Morgan fingerprint density at radius 3 is 2.32 bits per heavy atom. The van der Waals surface area contributed by atoms with E-state index in [0.29, 0.717) is 44.0 Å². The Morgan fingerprint density at radius 1 is 0.853 bits per heavy atom. The van der Waals surface area contributed by atoms with Gasteiger partial charge in [0.25, 0.3) is 0 Å². The summed E-state index contributed by atoms with van der Waals surface area (Å²) >= 11 is 18.5. The molecule has 1 heterocycles. The standard InChI is InChI=1S/C23H36Cl3F2N5O/c24-14-4-1-12(2-5-14)20-11-21(33-32-20)30-23(29-17-9-15(25)8-16(27)10-17)31-22(34)13-3-6-18(26)19(28)7-13/h12-21,32-33H,1-11H2,(H2,29,30,31,34). The topological polar surface area (TPSA) is 77.5 Å². The van der Waals surface area contributed by atoms with Crippen molar-refractivity contribution in [1.82, 2.24) is 21.5 Å². The molecule has 4 N–H and O–H groups in total. The number of carbonyl (C=O) groups excluding carboxylic acids is 1. The number of rotatable bonds is 4. The SMILES string of the molecule is O=C(N/C(=N\C1CC(C2CCC(Cl)CC2)NN1)NC1CC(F)CC(Cl)C1)C1CCC(Cl)C(F)C1. The highest BCUT2D eigenvalue weighted by atomic mass is 35.5. The molecule has 11 heteroatoms. The number of carbonyl (C=O) groups is 1. The lowest BCUT2D eigenvalue weighted by atomic mass is 9.83. The zero-order valence-corrected chi connectivity index (χ0v) is 21.6. The molecule has 0 aromatic heterocycles. The molecule has 4 aliphatic rings. The summed E-state index contributed by atoms with van der Waals surface area (Å²) in [5, 5.41) is 5.55. The molecule has 1 aliphatic heterocycles. The molecule has 6 nitrogen and oxygen atoms in total. The summed E-state index contributed by atoms with van der Waals surface area (Å²) in [5.41, 5.74) is 6.58. The van der Waals surface area contributed by atoms with Crippen LogP contribution in [0.3, 0.4) is 0 Å². The van der Waals surface area contributed by atoms with Crippen LogP contribution < -0.4 is 21.5 Å². The van der Waals surface area contributed by atoms with Gasteiger partial charge in [0, 0.05) is 35.2 Å². The lowest BCUT2D eigenvalue weighted by molar-refractivity contribution is -0.125. The molecule has 0 spiro atoms. The Morgan fingerprint density at radius 2 is 1.62 bits per heavy atom. The molecule has 3 saturated carbocycles. The van der Waals surface area contributed by atoms with Crippen LogP contribution in [-0.4, -0.2) is 58.6 Å². The van der Waals surface area contributed by atoms with Crippen molar-refractivity contribution in [3.8, 4) is 0 Å². The number of hydrogen-bond donors (Lipinski definition) is 4. The van der Waals surface area contributed by atoms with E-state index in [0.717, 1.165) is 32.1 Å². The predicted octanol–water partition coefficient (Wildman–Crippen LogP) is 4.28. The van der Waals surface area contributed by atoms with E-state index >= 15 is 0 Å². The molecular formula is C23H36Cl3F2N5O. The third-order valence-corrected chi connectivity index (χ3v) is 8.99. The van der Waals surface area contributed by atoms with Crippen LogP contribution in [-0.2, 0) is 4.79 Å². The minimum atomic E-state index is -1.20. The van der Waals surface area contributed by atoms with Gasteiger partial charge < -0.3 is 5.32 Å². The fraction of sp³-hybridized carbons (Fsp3) is 0.913. The molecule has 8 unspecified atom stereocenters. The largest absolute Gasteiger partial charge is 0.353 e. The Kier molecular flexibility index (Phi) is 9.58. The first-order chi connectivity index (χ1) is 16.3. The summed E-state index contributed by atoms with van der Waals surface area (Å²) in [4.78, 5) is 17.7. The fourth-order valence-electron chi connectivity index (χ4n) is 5.73. The van der Waals surface area contributed by atoms with E-state index < -0.39 is 23.6 Å². The quantitative estimate of drug-likeness (QED) is 0.243. The van der Waals surface area contributed by atoms with Crippen LogP contribution in [0.2, 0.25) is 0 Å². The van der Waals surface area contributed by atoms with Crippen molar-refractivity contribution in [2.75, 3.05) is 0 Å². The number of aliphatic imine (C=N–C) groups is 1. The van der Waals surface area contributed by atoms with Gasteiger partial charge >= 0.3 is 0 Å². The van der Waals surface area contributed by atoms with E-state index in [9.17, 15) is 13.6 Å². The average Bonchev–Trinajstić information content (AvgIpc) is 3.23. The van der Waals surface area contributed by atoms with E-state index in [4.69, 9.17) is 39.8 Å². The predicted molar refractivity (Wildman–Crippen MR) is 133 cm³/mol. The van der Waals surface area contributed by atoms with Crippen molar-refractivity contribution < 1.29 is 13.6 Å². The second-order valence-corrected chi connectivity index (χ2v) is 12.2. The molecule has 0 aromatic rings. The van der Waals surface area contributed by atoms with Crippen LogP contribution in [0.5, 0.6) is 0 Å². The van der Waals surface area contributed by atoms with E-state index in [1.165, 1.54) is 0 Å². The molecule has 0 aromatic carbocycles. The second kappa shape index (κ2) is 12.2. The molecular weight excluding hydrogens is 507 g/mol. The first-order valence-corrected chi connectivity index (χ1v) is 13.9. The number of guanidine groups is 1. The first-order valence-electron chi connectivity index (χ1n) is 12.6. The molecule has 0 radical (unpaired) electrons. The first kappa shape index (κ1) is 26.6. The van der Waals surface area contributed by atoms with Gasteiger partial charge in [-0.3, -0.25) is 15.5 Å². The van der Waals surface area contributed by atoms with Gasteiger partial charge in [-0.25, -0.2) is 19.2 Å². The molecule has 4 fully saturated rings. The molecule has 4 rings (SSSR count). The zero-order chi connectivity index (χ0) is 24.2. The zero-order valence-electron chi connectivity index (χ0n) is 19.3. The molecule has 34 heavy (non-hydrogen) atoms. The summed E-state index contributed by atoms with van der Waals surface area (Å²) < 4.78 is 28.2. The highest BCUT2D eigenvalue weighted by molar-refractivity contribution is 6.21. The Hall–Kier alpha value is -0.410. The monoisotopic (exact) mass is 541 g/mol. The fourth-order valence-corrected chi connectivity index (χ4v) is 6.62. The Labute approximate surface area is 215 Å². The Balaban J connectivity index is 1.40. The maximum absolute atomic E-state index is 14.1. The van der Waals surface area contributed by atoms with Gasteiger partial charge in [-0.15, -0.1) is 34.8 Å². The molecule has 0 bridgehead atoms. The average molecular weight is 543 g/mol. The van der Waals surface area contributed by atoms with Crippen molar-refractivity contribution in [2.24, 2.45) is 16.8 Å². The summed E-state index contributed by atoms with van der Waals surface area (Å²) in [6.45, 7) is 0. The van der Waals surface area contributed by atoms with Crippen molar-refractivity contribution >= 4 is 46.7 Å². The normalized spacial score (nSPS) is 44.0. The third-order valence-electron chi connectivity index (χ3n) is 7.71. The maximum Gasteiger partial charge on any atom is 0.229 e. The van der Waals surface area contributed by atoms with Crippen molar-refractivity contribution in [1.29, 1.82) is 0 Å². The summed E-state index contributed by atoms with van der Waals surface area (Å²) in [6.07, 6.45) is 4.85. The van der Waals surface area contributed by atoms with Crippen LogP contribution in [0.25, 0.3) is 0 Å². The van der Waals surface area contributed by atoms with Gasteiger partial charge in [0.15, 0.2) is 5.96 Å². The van der Waals surface area contributed by atoms with Crippen LogP contribution in [0.1, 0.15) is 70.6 Å². The second-order valence-electron chi connectivity index (χ2n) is 10.4. The van der Waals surface area contributed by atoms with Crippen LogP contribution in [0.15, 0.2) is 4.99 Å². The van der Waals surface area contributed by atoms with Gasteiger partial charge in [-0.2, -0.15) is 0 Å². The minimum absolute atomic E-state index is 0.0988. The summed E-state index contributed by atoms with van der Waals surface area (Å²) in [7, 11) is 0. The molecule has 194 valence electrons. The highest BCUT2D eigenvalue weighted by Gasteiger charge is 2.36. The number of hydrogen-bond acceptors (Lipinski definition) is 4. The van der Waals surface area contributed by atoms with Gasteiger partial charge in [-0.1, -0.05) is 0 Å². The third kappa shape index (κ3) is 7.31. The number of halogens is 5. The van der Waals surface area contributed by atoms with Crippen LogP contribution in [0.4, 0.5) is 8.78 Å². The van der Waals surface area contributed by atoms with E-state index in [1.54, 1.807) is 0 Å². The lowest BCUT2D eigenvalue weighted by Gasteiger charge is -2.31.